The van der Waals surface area contributed by atoms with Crippen LogP contribution in [0.4, 0.5) is 0 Å². The van der Waals surface area contributed by atoms with Crippen molar-refractivity contribution in [1.82, 2.24) is 4.90 Å². The Bertz CT molecular complexity index is 145. The predicted octanol–water partition coefficient (Wildman–Crippen LogP) is 4.08. The Morgan fingerprint density at radius 1 is 1.07 bits per heavy atom. The van der Waals surface area contributed by atoms with Crippen LogP contribution in [0.5, 0.6) is 0 Å². The maximum atomic E-state index is 2.68. The van der Waals surface area contributed by atoms with Gasteiger partial charge in [-0.25, -0.2) is 0 Å². The van der Waals surface area contributed by atoms with Crippen molar-refractivity contribution >= 4 is 0 Å². The Morgan fingerprint density at radius 3 is 2.13 bits per heavy atom. The molecule has 1 rings (SSSR count). The van der Waals surface area contributed by atoms with Crippen molar-refractivity contribution < 1.29 is 0 Å². The molecule has 0 aromatic carbocycles. The average Bonchev–Trinajstić information content (AvgIpc) is 2.45. The Labute approximate surface area is 96.2 Å². The van der Waals surface area contributed by atoms with E-state index in [9.17, 15) is 0 Å². The lowest BCUT2D eigenvalue weighted by atomic mass is 9.99. The summed E-state index contributed by atoms with van der Waals surface area (Å²) in [6.45, 7) is 9.61. The molecule has 15 heavy (non-hydrogen) atoms. The van der Waals surface area contributed by atoms with Gasteiger partial charge in [-0.05, 0) is 45.6 Å². The summed E-state index contributed by atoms with van der Waals surface area (Å²) in [6, 6.07) is 0.730. The second-order valence-electron chi connectivity index (χ2n) is 5.45. The molecule has 1 heteroatoms. The van der Waals surface area contributed by atoms with Gasteiger partial charge in [-0.2, -0.15) is 0 Å². The fraction of sp³-hybridized carbons (Fsp3) is 1.00. The van der Waals surface area contributed by atoms with Crippen molar-refractivity contribution in [3.8, 4) is 0 Å². The smallest absolute Gasteiger partial charge is 0.00387 e. The molecule has 1 aliphatic rings. The zero-order valence-corrected chi connectivity index (χ0v) is 11.0. The molecule has 1 nitrogen and oxygen atoms in total. The van der Waals surface area contributed by atoms with E-state index >= 15 is 0 Å². The van der Waals surface area contributed by atoms with Crippen LogP contribution in [-0.2, 0) is 0 Å². The number of hydrogen-bond acceptors (Lipinski definition) is 1. The fourth-order valence-electron chi connectivity index (χ4n) is 2.73. The van der Waals surface area contributed by atoms with Crippen LogP contribution in [-0.4, -0.2) is 24.0 Å². The summed E-state index contributed by atoms with van der Waals surface area (Å²) in [7, 11) is 0. The van der Waals surface area contributed by atoms with Crippen LogP contribution in [0.25, 0.3) is 0 Å². The molecule has 0 aromatic rings. The summed E-state index contributed by atoms with van der Waals surface area (Å²) in [4.78, 5) is 2.68. The van der Waals surface area contributed by atoms with E-state index in [1.807, 2.05) is 0 Å². The molecule has 0 unspecified atom stereocenters. The summed E-state index contributed by atoms with van der Waals surface area (Å²) in [5.41, 5.74) is 0. The average molecular weight is 211 g/mol. The standard InChI is InChI=1S/C14H29N/c1-4-11-15(13(2)3)12-14-9-7-5-6-8-10-14/h13-14H,4-12H2,1-3H3. The highest BCUT2D eigenvalue weighted by molar-refractivity contribution is 4.71. The summed E-state index contributed by atoms with van der Waals surface area (Å²) in [5, 5.41) is 0. The van der Waals surface area contributed by atoms with Crippen LogP contribution < -0.4 is 0 Å². The van der Waals surface area contributed by atoms with Gasteiger partial charge in [0, 0.05) is 12.6 Å². The van der Waals surface area contributed by atoms with Gasteiger partial charge >= 0.3 is 0 Å². The molecule has 1 saturated carbocycles. The van der Waals surface area contributed by atoms with Gasteiger partial charge < -0.3 is 4.90 Å². The van der Waals surface area contributed by atoms with Gasteiger partial charge in [-0.3, -0.25) is 0 Å². The van der Waals surface area contributed by atoms with Crippen LogP contribution in [0.1, 0.15) is 65.7 Å². The maximum absolute atomic E-state index is 2.68. The molecule has 0 heterocycles. The minimum atomic E-state index is 0.730. The third kappa shape index (κ3) is 5.01. The molecule has 90 valence electrons. The zero-order valence-electron chi connectivity index (χ0n) is 11.0. The first-order chi connectivity index (χ1) is 7.24. The van der Waals surface area contributed by atoms with Crippen LogP contribution >= 0.6 is 0 Å². The quantitative estimate of drug-likeness (QED) is 0.619. The number of nitrogens with zero attached hydrogens (tertiary/aromatic N) is 1. The molecule has 0 spiro atoms. The number of rotatable bonds is 5. The summed E-state index contributed by atoms with van der Waals surface area (Å²) >= 11 is 0. The molecular weight excluding hydrogens is 182 g/mol. The largest absolute Gasteiger partial charge is 0.301 e. The van der Waals surface area contributed by atoms with Crippen molar-refractivity contribution in [2.45, 2.75) is 71.8 Å². The van der Waals surface area contributed by atoms with E-state index in [1.54, 1.807) is 0 Å². The normalized spacial score (nSPS) is 19.8. The topological polar surface area (TPSA) is 3.24 Å². The molecule has 0 radical (unpaired) electrons. The van der Waals surface area contributed by atoms with Crippen molar-refractivity contribution in [1.29, 1.82) is 0 Å². The van der Waals surface area contributed by atoms with E-state index in [0.29, 0.717) is 0 Å². The molecule has 1 aliphatic carbocycles. The predicted molar refractivity (Wildman–Crippen MR) is 68.2 cm³/mol. The first-order valence-corrected chi connectivity index (χ1v) is 6.98. The second-order valence-corrected chi connectivity index (χ2v) is 5.45. The number of hydrogen-bond donors (Lipinski definition) is 0. The minimum absolute atomic E-state index is 0.730. The minimum Gasteiger partial charge on any atom is -0.301 e. The van der Waals surface area contributed by atoms with Crippen LogP contribution in [0.15, 0.2) is 0 Å². The van der Waals surface area contributed by atoms with E-state index in [2.05, 4.69) is 25.7 Å². The van der Waals surface area contributed by atoms with Gasteiger partial charge in [0.25, 0.3) is 0 Å². The van der Waals surface area contributed by atoms with Gasteiger partial charge in [0.2, 0.25) is 0 Å². The van der Waals surface area contributed by atoms with Gasteiger partial charge in [-0.1, -0.05) is 32.6 Å². The summed E-state index contributed by atoms with van der Waals surface area (Å²) in [5.74, 6) is 0.987. The molecule has 0 bridgehead atoms. The Hall–Kier alpha value is -0.0400. The molecule has 1 fully saturated rings. The van der Waals surface area contributed by atoms with Crippen LogP contribution in [0.3, 0.4) is 0 Å². The zero-order chi connectivity index (χ0) is 11.1. The van der Waals surface area contributed by atoms with E-state index in [4.69, 9.17) is 0 Å². The SMILES string of the molecule is CCCN(CC1CCCCCC1)C(C)C. The fourth-order valence-corrected chi connectivity index (χ4v) is 2.73. The lowest BCUT2D eigenvalue weighted by Gasteiger charge is -2.30. The Morgan fingerprint density at radius 2 is 1.67 bits per heavy atom. The molecule has 0 N–H and O–H groups in total. The summed E-state index contributed by atoms with van der Waals surface area (Å²) < 4.78 is 0. The van der Waals surface area contributed by atoms with Gasteiger partial charge in [0.1, 0.15) is 0 Å². The highest BCUT2D eigenvalue weighted by Gasteiger charge is 2.17. The van der Waals surface area contributed by atoms with Crippen molar-refractivity contribution in [3.63, 3.8) is 0 Å². The monoisotopic (exact) mass is 211 g/mol. The van der Waals surface area contributed by atoms with E-state index < -0.39 is 0 Å². The van der Waals surface area contributed by atoms with E-state index in [-0.39, 0.29) is 0 Å². The van der Waals surface area contributed by atoms with Gasteiger partial charge in [0.15, 0.2) is 0 Å². The highest BCUT2D eigenvalue weighted by atomic mass is 15.1. The lowest BCUT2D eigenvalue weighted by Crippen LogP contribution is -2.35. The molecule has 0 saturated heterocycles. The second kappa shape index (κ2) is 7.27. The Kier molecular flexibility index (Phi) is 6.31. The van der Waals surface area contributed by atoms with Gasteiger partial charge in [0.05, 0.1) is 0 Å². The van der Waals surface area contributed by atoms with Crippen LogP contribution in [0.2, 0.25) is 0 Å². The molecule has 0 amide bonds. The van der Waals surface area contributed by atoms with Gasteiger partial charge in [-0.15, -0.1) is 0 Å². The highest BCUT2D eigenvalue weighted by Crippen LogP contribution is 2.24. The Balaban J connectivity index is 2.34. The first-order valence-electron chi connectivity index (χ1n) is 6.98. The van der Waals surface area contributed by atoms with Crippen molar-refractivity contribution in [2.24, 2.45) is 5.92 Å². The molecule has 0 aliphatic heterocycles. The van der Waals surface area contributed by atoms with Crippen molar-refractivity contribution in [3.05, 3.63) is 0 Å². The lowest BCUT2D eigenvalue weighted by molar-refractivity contribution is 0.179. The van der Waals surface area contributed by atoms with Crippen molar-refractivity contribution in [2.75, 3.05) is 13.1 Å². The third-order valence-corrected chi connectivity index (χ3v) is 3.71. The first kappa shape index (κ1) is 13.0. The molecule has 0 aromatic heterocycles. The molecule has 0 atom stereocenters. The maximum Gasteiger partial charge on any atom is 0.00387 e. The summed E-state index contributed by atoms with van der Waals surface area (Å²) in [6.07, 6.45) is 10.2. The van der Waals surface area contributed by atoms with Crippen LogP contribution in [0, 0.1) is 5.92 Å². The molecular formula is C14H29N. The third-order valence-electron chi connectivity index (χ3n) is 3.71. The van der Waals surface area contributed by atoms with E-state index in [1.165, 1.54) is 58.0 Å². The van der Waals surface area contributed by atoms with E-state index in [0.717, 1.165) is 12.0 Å².